The fourth-order valence-corrected chi connectivity index (χ4v) is 5.37. The highest BCUT2D eigenvalue weighted by atomic mass is 32.1. The lowest BCUT2D eigenvalue weighted by atomic mass is 10.0. The molecule has 10 nitrogen and oxygen atoms in total. The average Bonchev–Trinajstić information content (AvgIpc) is 3.70. The summed E-state index contributed by atoms with van der Waals surface area (Å²) in [5.41, 5.74) is 5.36. The summed E-state index contributed by atoms with van der Waals surface area (Å²) in [7, 11) is 1.98. The van der Waals surface area contributed by atoms with E-state index in [1.54, 1.807) is 11.3 Å². The van der Waals surface area contributed by atoms with Crippen LogP contribution in [0.1, 0.15) is 22.0 Å². The lowest BCUT2D eigenvalue weighted by Gasteiger charge is -2.19. The predicted octanol–water partition coefficient (Wildman–Crippen LogP) is 4.71. The number of ether oxygens (including phenoxy) is 3. The van der Waals surface area contributed by atoms with E-state index in [1.165, 1.54) is 0 Å². The van der Waals surface area contributed by atoms with Crippen molar-refractivity contribution in [1.29, 1.82) is 0 Å². The maximum Gasteiger partial charge on any atom is 0.258 e. The van der Waals surface area contributed by atoms with Crippen LogP contribution in [-0.2, 0) is 24.4 Å². The summed E-state index contributed by atoms with van der Waals surface area (Å²) in [6.07, 6.45) is 0. The summed E-state index contributed by atoms with van der Waals surface area (Å²) in [6, 6.07) is 19.7. The minimum atomic E-state index is -0.220. The van der Waals surface area contributed by atoms with Gasteiger partial charge < -0.3 is 19.5 Å². The minimum Gasteiger partial charge on any atom is -0.483 e. The van der Waals surface area contributed by atoms with Gasteiger partial charge in [0.2, 0.25) is 6.79 Å². The number of benzene rings is 3. The summed E-state index contributed by atoms with van der Waals surface area (Å²) in [5, 5.41) is 11.6. The molecule has 5 aromatic rings. The summed E-state index contributed by atoms with van der Waals surface area (Å²) in [5.74, 6) is 1.86. The third-order valence-electron chi connectivity index (χ3n) is 6.51. The van der Waals surface area contributed by atoms with Crippen LogP contribution in [0, 0.1) is 6.92 Å². The van der Waals surface area contributed by atoms with Crippen LogP contribution >= 0.6 is 11.3 Å². The number of aryl methyl sites for hydroxylation is 1. The number of hydrogen-bond acceptors (Lipinski definition) is 10. The van der Waals surface area contributed by atoms with Gasteiger partial charge in [-0.1, -0.05) is 34.6 Å². The number of fused-ring (bicyclic) bond motifs is 2. The van der Waals surface area contributed by atoms with Gasteiger partial charge in [0.15, 0.2) is 18.1 Å². The van der Waals surface area contributed by atoms with Gasteiger partial charge in [-0.15, -0.1) is 11.3 Å². The number of amides is 1. The Bertz CT molecular complexity index is 1630. The highest BCUT2D eigenvalue weighted by molar-refractivity contribution is 7.18. The van der Waals surface area contributed by atoms with E-state index in [-0.39, 0.29) is 19.3 Å². The molecule has 0 atom stereocenters. The molecule has 0 bridgehead atoms. The zero-order valence-corrected chi connectivity index (χ0v) is 22.9. The Morgan fingerprint density at radius 2 is 1.85 bits per heavy atom. The van der Waals surface area contributed by atoms with E-state index in [4.69, 9.17) is 18.8 Å². The molecule has 0 fully saturated rings. The number of thiazole rings is 1. The van der Waals surface area contributed by atoms with Crippen molar-refractivity contribution in [2.75, 3.05) is 20.4 Å². The van der Waals surface area contributed by atoms with Gasteiger partial charge in [-0.2, -0.15) is 0 Å². The molecule has 1 amide bonds. The fraction of sp³-hybridized carbons (Fsp3) is 0.241. The Balaban J connectivity index is 1.16. The van der Waals surface area contributed by atoms with Crippen molar-refractivity contribution >= 4 is 27.5 Å². The highest BCUT2D eigenvalue weighted by Crippen LogP contribution is 2.37. The lowest BCUT2D eigenvalue weighted by Crippen LogP contribution is -2.28. The number of nitrogens with one attached hydrogen (secondary N) is 1. The van der Waals surface area contributed by atoms with Crippen LogP contribution in [0.5, 0.6) is 17.2 Å². The molecular weight excluding hydrogens is 530 g/mol. The Labute approximate surface area is 234 Å². The molecule has 0 saturated heterocycles. The van der Waals surface area contributed by atoms with Crippen molar-refractivity contribution in [1.82, 2.24) is 25.5 Å². The van der Waals surface area contributed by atoms with E-state index < -0.39 is 0 Å². The predicted molar refractivity (Wildman–Crippen MR) is 149 cm³/mol. The van der Waals surface area contributed by atoms with E-state index in [0.29, 0.717) is 25.4 Å². The zero-order chi connectivity index (χ0) is 27.5. The second-order valence-electron chi connectivity index (χ2n) is 9.50. The molecule has 3 aromatic carbocycles. The van der Waals surface area contributed by atoms with Gasteiger partial charge in [0.25, 0.3) is 5.91 Å². The Morgan fingerprint density at radius 1 is 1.02 bits per heavy atom. The van der Waals surface area contributed by atoms with Crippen molar-refractivity contribution in [2.24, 2.45) is 0 Å². The largest absolute Gasteiger partial charge is 0.483 e. The number of hydrogen-bond donors (Lipinski definition) is 1. The maximum absolute atomic E-state index is 12.7. The van der Waals surface area contributed by atoms with Crippen molar-refractivity contribution in [3.8, 4) is 28.4 Å². The van der Waals surface area contributed by atoms with Gasteiger partial charge in [0.05, 0.1) is 16.8 Å². The molecule has 0 spiro atoms. The van der Waals surface area contributed by atoms with Crippen molar-refractivity contribution in [2.45, 2.75) is 26.6 Å². The molecule has 40 heavy (non-hydrogen) atoms. The van der Waals surface area contributed by atoms with Gasteiger partial charge in [0, 0.05) is 18.7 Å². The monoisotopic (exact) mass is 557 g/mol. The van der Waals surface area contributed by atoms with Gasteiger partial charge in [-0.25, -0.2) is 9.61 Å². The highest BCUT2D eigenvalue weighted by Gasteiger charge is 2.17. The van der Waals surface area contributed by atoms with Gasteiger partial charge in [0.1, 0.15) is 22.1 Å². The van der Waals surface area contributed by atoms with Crippen molar-refractivity contribution < 1.29 is 23.6 Å². The van der Waals surface area contributed by atoms with Crippen molar-refractivity contribution in [3.63, 3.8) is 0 Å². The molecule has 2 aromatic heterocycles. The third kappa shape index (κ3) is 5.75. The normalized spacial score (nSPS) is 12.3. The van der Waals surface area contributed by atoms with Crippen LogP contribution in [0.3, 0.4) is 0 Å². The summed E-state index contributed by atoms with van der Waals surface area (Å²) in [4.78, 5) is 19.3. The number of para-hydroxylation sites is 1. The Morgan fingerprint density at radius 3 is 2.70 bits per heavy atom. The first-order valence-electron chi connectivity index (χ1n) is 12.8. The van der Waals surface area contributed by atoms with Gasteiger partial charge in [-0.3, -0.25) is 9.69 Å². The van der Waals surface area contributed by atoms with E-state index in [2.05, 4.69) is 31.6 Å². The topological polar surface area (TPSA) is 112 Å². The molecular formula is C29H27N5O5S. The average molecular weight is 558 g/mol. The van der Waals surface area contributed by atoms with Crippen LogP contribution in [-0.4, -0.2) is 46.6 Å². The summed E-state index contributed by atoms with van der Waals surface area (Å²) in [6.45, 7) is 3.42. The minimum absolute atomic E-state index is 0.114. The van der Waals surface area contributed by atoms with E-state index in [9.17, 15) is 4.79 Å². The van der Waals surface area contributed by atoms with Crippen LogP contribution in [0.4, 0.5) is 0 Å². The first-order valence-corrected chi connectivity index (χ1v) is 13.6. The molecule has 0 saturated carbocycles. The van der Waals surface area contributed by atoms with Crippen molar-refractivity contribution in [3.05, 3.63) is 82.6 Å². The van der Waals surface area contributed by atoms with E-state index in [0.717, 1.165) is 54.8 Å². The van der Waals surface area contributed by atoms with E-state index in [1.807, 2.05) is 68.6 Å². The molecule has 1 aliphatic rings. The van der Waals surface area contributed by atoms with E-state index >= 15 is 0 Å². The standard InChI is InChI=1S/C29H27N5O5S/c1-18-23(33-39-32-18)15-34(2)14-21-11-19(20-8-10-25-26(12-20)38-17-37-25)7-9-24(21)36-16-28(35)30-13-29-31-22-5-3-4-6-27(22)40-29/h3-12H,13-17H2,1-2H3,(H,30,35). The molecule has 204 valence electrons. The molecule has 3 heterocycles. The first kappa shape index (κ1) is 25.8. The smallest absolute Gasteiger partial charge is 0.258 e. The number of rotatable bonds is 10. The number of carbonyl (C=O) groups excluding carboxylic acids is 1. The molecule has 0 radical (unpaired) electrons. The molecule has 0 aliphatic carbocycles. The quantitative estimate of drug-likeness (QED) is 0.261. The third-order valence-corrected chi connectivity index (χ3v) is 7.54. The summed E-state index contributed by atoms with van der Waals surface area (Å²) < 4.78 is 23.0. The van der Waals surface area contributed by atoms with Crippen LogP contribution in [0.2, 0.25) is 0 Å². The second kappa shape index (κ2) is 11.3. The Hall–Kier alpha value is -4.48. The van der Waals surface area contributed by atoms with Crippen LogP contribution in [0.25, 0.3) is 21.3 Å². The second-order valence-corrected chi connectivity index (χ2v) is 10.6. The van der Waals surface area contributed by atoms with Crippen LogP contribution < -0.4 is 19.5 Å². The fourth-order valence-electron chi connectivity index (χ4n) is 4.46. The molecule has 0 unspecified atom stereocenters. The molecule has 1 N–H and O–H groups in total. The maximum atomic E-state index is 12.7. The molecule has 11 heteroatoms. The number of carbonyl (C=O) groups is 1. The van der Waals surface area contributed by atoms with Gasteiger partial charge >= 0.3 is 0 Å². The summed E-state index contributed by atoms with van der Waals surface area (Å²) >= 11 is 1.57. The van der Waals surface area contributed by atoms with Gasteiger partial charge in [-0.05, 0) is 61.5 Å². The first-order chi connectivity index (χ1) is 19.5. The zero-order valence-electron chi connectivity index (χ0n) is 22.0. The molecule has 6 rings (SSSR count). The van der Waals surface area contributed by atoms with Crippen LogP contribution in [0.15, 0.2) is 65.3 Å². The number of nitrogens with zero attached hydrogens (tertiary/aromatic N) is 4. The Kier molecular flexibility index (Phi) is 7.30. The SMILES string of the molecule is Cc1nonc1CN(C)Cc1cc(-c2ccc3c(c2)OCO3)ccc1OCC(=O)NCc1nc2ccccc2s1. The molecule has 1 aliphatic heterocycles. The number of aromatic nitrogens is 3. The lowest BCUT2D eigenvalue weighted by molar-refractivity contribution is -0.123.